The third-order valence-corrected chi connectivity index (χ3v) is 2.41. The maximum absolute atomic E-state index is 11.0. The highest BCUT2D eigenvalue weighted by molar-refractivity contribution is 5.74. The molecule has 5 nitrogen and oxygen atoms in total. The minimum atomic E-state index is -0.276. The van der Waals surface area contributed by atoms with Gasteiger partial charge < -0.3 is 9.47 Å². The minimum absolute atomic E-state index is 0.222. The molecule has 0 aliphatic rings. The number of rotatable bonds is 7. The van der Waals surface area contributed by atoms with Crippen LogP contribution in [-0.2, 0) is 20.8 Å². The summed E-state index contributed by atoms with van der Waals surface area (Å²) in [5, 5.41) is 6.10. The molecule has 0 fully saturated rings. The molecule has 0 heterocycles. The van der Waals surface area contributed by atoms with Crippen LogP contribution in [0, 0.1) is 5.41 Å². The van der Waals surface area contributed by atoms with Crippen molar-refractivity contribution in [2.24, 2.45) is 0 Å². The van der Waals surface area contributed by atoms with E-state index in [0.29, 0.717) is 0 Å². The van der Waals surface area contributed by atoms with Crippen LogP contribution in [0.15, 0.2) is 54.6 Å². The highest BCUT2D eigenvalue weighted by Gasteiger charge is 1.99. The van der Waals surface area contributed by atoms with Crippen molar-refractivity contribution in [1.29, 1.82) is 5.41 Å². The van der Waals surface area contributed by atoms with Crippen molar-refractivity contribution in [3.63, 3.8) is 0 Å². The van der Waals surface area contributed by atoms with Gasteiger partial charge in [0.1, 0.15) is 0 Å². The quantitative estimate of drug-likeness (QED) is 0.345. The van der Waals surface area contributed by atoms with Crippen molar-refractivity contribution < 1.29 is 19.3 Å². The zero-order chi connectivity index (χ0) is 16.6. The second kappa shape index (κ2) is 13.3. The Hall–Kier alpha value is -2.69. The largest absolute Gasteiger partial charge is 0.487 e. The van der Waals surface area contributed by atoms with Crippen LogP contribution in [-0.4, -0.2) is 32.8 Å². The van der Waals surface area contributed by atoms with Gasteiger partial charge in [-0.15, -0.1) is 0 Å². The highest BCUT2D eigenvalue weighted by atomic mass is 16.5. The second-order valence-electron chi connectivity index (χ2n) is 4.16. The van der Waals surface area contributed by atoms with Gasteiger partial charge >= 0.3 is 5.97 Å². The molecule has 0 aliphatic heterocycles. The molecule has 22 heavy (non-hydrogen) atoms. The first-order chi connectivity index (χ1) is 10.6. The van der Waals surface area contributed by atoms with Crippen molar-refractivity contribution in [3.05, 3.63) is 60.2 Å². The summed E-state index contributed by atoms with van der Waals surface area (Å²) in [6.45, 7) is 4.54. The van der Waals surface area contributed by atoms with Gasteiger partial charge in [0, 0.05) is 11.6 Å². The Balaban J connectivity index is 0.000000980. The van der Waals surface area contributed by atoms with E-state index in [1.807, 2.05) is 30.5 Å². The first-order valence-electron chi connectivity index (χ1n) is 6.67. The number of carbonyl (C=O) groups is 1. The average Bonchev–Trinajstić information content (AvgIpc) is 2.55. The molecule has 0 amide bonds. The van der Waals surface area contributed by atoms with Gasteiger partial charge in [-0.3, -0.25) is 10.2 Å². The molecule has 0 unspecified atom stereocenters. The van der Waals surface area contributed by atoms with Crippen molar-refractivity contribution in [2.45, 2.75) is 13.0 Å². The molecular formula is C17H23N2O3+. The molecule has 0 spiro atoms. The second-order valence-corrected chi connectivity index (χ2v) is 4.16. The summed E-state index contributed by atoms with van der Waals surface area (Å²) in [6.07, 6.45) is 6.54. The molecule has 0 aromatic heterocycles. The summed E-state index contributed by atoms with van der Waals surface area (Å²) in [7, 11) is 2.81. The Morgan fingerprint density at radius 2 is 1.95 bits per heavy atom. The fraction of sp³-hybridized carbons (Fsp3) is 0.235. The van der Waals surface area contributed by atoms with Gasteiger partial charge in [0.25, 0.3) is 0 Å². The summed E-state index contributed by atoms with van der Waals surface area (Å²) < 4.78 is 8.63. The Morgan fingerprint density at radius 3 is 2.50 bits per heavy atom. The predicted molar refractivity (Wildman–Crippen MR) is 87.9 cm³/mol. The maximum Gasteiger partial charge on any atom is 0.309 e. The molecule has 0 atom stereocenters. The highest BCUT2D eigenvalue weighted by Crippen LogP contribution is 2.00. The number of hydrogen-bond acceptors (Lipinski definition) is 4. The van der Waals surface area contributed by atoms with Crippen LogP contribution in [0.3, 0.4) is 0 Å². The lowest BCUT2D eigenvalue weighted by Gasteiger charge is -1.96. The van der Waals surface area contributed by atoms with Crippen LogP contribution < -0.4 is 4.99 Å². The molecule has 0 saturated carbocycles. The summed E-state index contributed by atoms with van der Waals surface area (Å²) in [5.41, 5.74) is 1.94. The normalized spacial score (nSPS) is 9.91. The smallest absolute Gasteiger partial charge is 0.309 e. The number of esters is 1. The Bertz CT molecular complexity index is 508. The van der Waals surface area contributed by atoms with E-state index in [0.717, 1.165) is 18.5 Å². The van der Waals surface area contributed by atoms with Crippen molar-refractivity contribution in [1.82, 2.24) is 0 Å². The lowest BCUT2D eigenvalue weighted by atomic mass is 10.2. The monoisotopic (exact) mass is 303 g/mol. The van der Waals surface area contributed by atoms with Gasteiger partial charge in [-0.1, -0.05) is 43.0 Å². The first kappa shape index (κ1) is 19.3. The minimum Gasteiger partial charge on any atom is -0.487 e. The zero-order valence-electron chi connectivity index (χ0n) is 13.0. The van der Waals surface area contributed by atoms with Gasteiger partial charge in [0.2, 0.25) is 0 Å². The Morgan fingerprint density at radius 1 is 1.32 bits per heavy atom. The molecule has 0 aliphatic carbocycles. The zero-order valence-corrected chi connectivity index (χ0v) is 13.0. The van der Waals surface area contributed by atoms with Gasteiger partial charge in [-0.2, -0.15) is 0 Å². The number of allylic oxidation sites excluding steroid dienone is 2. The Labute approximate surface area is 131 Å². The SMILES string of the molecule is C=C(/C=C\C=[NH+]Cc1ccccc1)CC(=O)OC.COC=N. The average molecular weight is 303 g/mol. The van der Waals surface area contributed by atoms with Crippen molar-refractivity contribution in [3.8, 4) is 0 Å². The number of carbonyl (C=O) groups excluding carboxylic acids is 1. The fourth-order valence-electron chi connectivity index (χ4n) is 1.34. The van der Waals surface area contributed by atoms with E-state index in [2.05, 4.69) is 33.2 Å². The molecule has 0 saturated heterocycles. The predicted octanol–water partition coefficient (Wildman–Crippen LogP) is 1.25. The van der Waals surface area contributed by atoms with E-state index >= 15 is 0 Å². The van der Waals surface area contributed by atoms with E-state index in [-0.39, 0.29) is 12.4 Å². The van der Waals surface area contributed by atoms with Crippen LogP contribution in [0.25, 0.3) is 0 Å². The molecule has 5 heteroatoms. The van der Waals surface area contributed by atoms with Gasteiger partial charge in [-0.05, 0) is 5.57 Å². The standard InChI is InChI=1S/C15H17NO2.C2H5NO/c1-13(11-15(17)18-2)7-6-10-16-12-14-8-4-3-5-9-14;1-4-2-3/h3-10H,1,11-12H2,2H3;2-3H,1H3/p+1/b7-6-,16-10?;. The molecule has 1 rings (SSSR count). The van der Waals surface area contributed by atoms with E-state index in [1.165, 1.54) is 19.8 Å². The molecule has 0 bridgehead atoms. The van der Waals surface area contributed by atoms with E-state index in [1.54, 1.807) is 6.08 Å². The molecule has 2 N–H and O–H groups in total. The summed E-state index contributed by atoms with van der Waals surface area (Å²) in [5.74, 6) is -0.276. The number of ether oxygens (including phenoxy) is 2. The van der Waals surface area contributed by atoms with Crippen molar-refractivity contribution >= 4 is 18.6 Å². The summed E-state index contributed by atoms with van der Waals surface area (Å²) in [6, 6.07) is 10.1. The lowest BCUT2D eigenvalue weighted by Crippen LogP contribution is -2.66. The maximum atomic E-state index is 11.0. The molecule has 118 valence electrons. The number of methoxy groups -OCH3 is 2. The first-order valence-corrected chi connectivity index (χ1v) is 6.67. The third kappa shape index (κ3) is 11.2. The summed E-state index contributed by atoms with van der Waals surface area (Å²) >= 11 is 0. The Kier molecular flexibility index (Phi) is 11.7. The number of benzene rings is 1. The molecule has 1 aromatic rings. The number of nitrogens with one attached hydrogen (secondary N) is 2. The summed E-state index contributed by atoms with van der Waals surface area (Å²) in [4.78, 5) is 14.1. The van der Waals surface area contributed by atoms with Crippen molar-refractivity contribution in [2.75, 3.05) is 14.2 Å². The third-order valence-electron chi connectivity index (χ3n) is 2.41. The van der Waals surface area contributed by atoms with Crippen LogP contribution >= 0.6 is 0 Å². The van der Waals surface area contributed by atoms with Crippen LogP contribution in [0.5, 0.6) is 0 Å². The van der Waals surface area contributed by atoms with Crippen LogP contribution in [0.1, 0.15) is 12.0 Å². The van der Waals surface area contributed by atoms with E-state index < -0.39 is 0 Å². The van der Waals surface area contributed by atoms with E-state index in [9.17, 15) is 4.79 Å². The lowest BCUT2D eigenvalue weighted by molar-refractivity contribution is -0.469. The fourth-order valence-corrected chi connectivity index (χ4v) is 1.34. The molecule has 0 radical (unpaired) electrons. The van der Waals surface area contributed by atoms with Gasteiger partial charge in [-0.25, -0.2) is 4.99 Å². The number of hydrogen-bond donors (Lipinski definition) is 2. The topological polar surface area (TPSA) is 73.3 Å². The molecule has 1 aromatic carbocycles. The van der Waals surface area contributed by atoms with Crippen LogP contribution in [0.2, 0.25) is 0 Å². The van der Waals surface area contributed by atoms with E-state index in [4.69, 9.17) is 5.41 Å². The van der Waals surface area contributed by atoms with Gasteiger partial charge in [0.05, 0.1) is 20.6 Å². The molecular weight excluding hydrogens is 280 g/mol. The van der Waals surface area contributed by atoms with Crippen LogP contribution in [0.4, 0.5) is 0 Å². The van der Waals surface area contributed by atoms with Gasteiger partial charge in [0.15, 0.2) is 19.2 Å².